The largest absolute Gasteiger partial charge is 0.465 e. The average Bonchev–Trinajstić information content (AvgIpc) is 2.42. The van der Waals surface area contributed by atoms with Crippen LogP contribution in [0.25, 0.3) is 0 Å². The van der Waals surface area contributed by atoms with Crippen molar-refractivity contribution >= 4 is 35.0 Å². The molecule has 2 N–H and O–H groups in total. The van der Waals surface area contributed by atoms with Crippen molar-refractivity contribution in [2.24, 2.45) is 0 Å². The fourth-order valence-corrected chi connectivity index (χ4v) is 2.96. The van der Waals surface area contributed by atoms with E-state index in [0.717, 1.165) is 4.90 Å². The van der Waals surface area contributed by atoms with Gasteiger partial charge in [0.2, 0.25) is 0 Å². The molecule has 0 saturated carbocycles. The van der Waals surface area contributed by atoms with Gasteiger partial charge in [0.05, 0.1) is 17.7 Å². The number of nitrogens with two attached hydrogens (primary N) is 1. The molecular weight excluding hydrogens is 294 g/mol. The van der Waals surface area contributed by atoms with Crippen LogP contribution in [0.3, 0.4) is 0 Å². The second kappa shape index (κ2) is 6.20. The maximum Gasteiger partial charge on any atom is 0.339 e. The summed E-state index contributed by atoms with van der Waals surface area (Å²) >= 11 is 7.62. The minimum absolute atomic E-state index is 0.378. The number of carbonyl (C=O) groups excluding carboxylic acids is 1. The van der Waals surface area contributed by atoms with Crippen LogP contribution >= 0.6 is 23.4 Å². The van der Waals surface area contributed by atoms with E-state index in [1.807, 2.05) is 31.2 Å². The highest BCUT2D eigenvalue weighted by atomic mass is 35.5. The predicted octanol–water partition coefficient (Wildman–Crippen LogP) is 4.17. The lowest BCUT2D eigenvalue weighted by atomic mass is 10.2. The summed E-state index contributed by atoms with van der Waals surface area (Å²) in [4.78, 5) is 13.5. The summed E-state index contributed by atoms with van der Waals surface area (Å²) in [6.07, 6.45) is 0. The van der Waals surface area contributed by atoms with Crippen molar-refractivity contribution in [1.82, 2.24) is 0 Å². The van der Waals surface area contributed by atoms with Gasteiger partial charge in [-0.15, -0.1) is 0 Å². The van der Waals surface area contributed by atoms with Gasteiger partial charge in [0.25, 0.3) is 0 Å². The number of hydrogen-bond donors (Lipinski definition) is 1. The Bertz CT molecular complexity index is 641. The van der Waals surface area contributed by atoms with E-state index in [1.54, 1.807) is 12.1 Å². The molecule has 0 saturated heterocycles. The van der Waals surface area contributed by atoms with Crippen molar-refractivity contribution in [3.63, 3.8) is 0 Å². The summed E-state index contributed by atoms with van der Waals surface area (Å²) in [7, 11) is 1.33. The molecule has 5 heteroatoms. The zero-order valence-electron chi connectivity index (χ0n) is 11.1. The first-order valence-electron chi connectivity index (χ1n) is 5.93. The minimum atomic E-state index is -0.450. The normalized spacial score (nSPS) is 10.3. The maximum absolute atomic E-state index is 11.8. The quantitative estimate of drug-likeness (QED) is 0.683. The standard InChI is InChI=1S/C15H14ClNO2S/c1-9-3-5-11(6-4-9)20-14-12(15(18)19-2)7-10(17)8-13(14)16/h3-8H,17H2,1-2H3. The number of nitrogen functional groups attached to an aromatic ring is 1. The number of benzene rings is 2. The number of halogens is 1. The highest BCUT2D eigenvalue weighted by Crippen LogP contribution is 2.37. The van der Waals surface area contributed by atoms with Gasteiger partial charge in [0.1, 0.15) is 0 Å². The Labute approximate surface area is 127 Å². The van der Waals surface area contributed by atoms with Gasteiger partial charge in [0, 0.05) is 15.5 Å². The lowest BCUT2D eigenvalue weighted by Gasteiger charge is -2.11. The second-order valence-electron chi connectivity index (χ2n) is 4.29. The number of hydrogen-bond acceptors (Lipinski definition) is 4. The molecule has 0 radical (unpaired) electrons. The molecule has 2 rings (SSSR count). The van der Waals surface area contributed by atoms with Gasteiger partial charge >= 0.3 is 5.97 Å². The molecule has 0 aliphatic heterocycles. The smallest absolute Gasteiger partial charge is 0.339 e. The first-order valence-corrected chi connectivity index (χ1v) is 7.12. The summed E-state index contributed by atoms with van der Waals surface area (Å²) in [6.45, 7) is 2.02. The van der Waals surface area contributed by atoms with Crippen LogP contribution in [0.5, 0.6) is 0 Å². The van der Waals surface area contributed by atoms with Crippen LogP contribution in [0.1, 0.15) is 15.9 Å². The third-order valence-electron chi connectivity index (χ3n) is 2.71. The van der Waals surface area contributed by atoms with Crippen LogP contribution in [-0.2, 0) is 4.74 Å². The first-order chi connectivity index (χ1) is 9.51. The van der Waals surface area contributed by atoms with Gasteiger partial charge in [-0.3, -0.25) is 0 Å². The number of rotatable bonds is 3. The summed E-state index contributed by atoms with van der Waals surface area (Å²) in [5, 5.41) is 0.441. The topological polar surface area (TPSA) is 52.3 Å². The first kappa shape index (κ1) is 14.8. The van der Waals surface area contributed by atoms with Crippen LogP contribution in [0, 0.1) is 6.92 Å². The Kier molecular flexibility index (Phi) is 4.57. The molecular formula is C15H14ClNO2S. The summed E-state index contributed by atoms with van der Waals surface area (Å²) in [5.41, 5.74) is 7.72. The Balaban J connectivity index is 2.44. The fourth-order valence-electron chi connectivity index (χ4n) is 1.70. The van der Waals surface area contributed by atoms with Gasteiger partial charge in [0.15, 0.2) is 0 Å². The van der Waals surface area contributed by atoms with Gasteiger partial charge in [-0.1, -0.05) is 41.1 Å². The summed E-state index contributed by atoms with van der Waals surface area (Å²) in [5.74, 6) is -0.450. The van der Waals surface area contributed by atoms with Crippen LogP contribution in [-0.4, -0.2) is 13.1 Å². The Morgan fingerprint density at radius 2 is 1.90 bits per heavy atom. The number of methoxy groups -OCH3 is 1. The predicted molar refractivity (Wildman–Crippen MR) is 82.5 cm³/mol. The molecule has 2 aromatic carbocycles. The van der Waals surface area contributed by atoms with Gasteiger partial charge in [-0.05, 0) is 31.2 Å². The minimum Gasteiger partial charge on any atom is -0.465 e. The summed E-state index contributed by atoms with van der Waals surface area (Å²) < 4.78 is 4.78. The van der Waals surface area contributed by atoms with Crippen LogP contribution in [0.2, 0.25) is 5.02 Å². The molecule has 0 aromatic heterocycles. The zero-order valence-corrected chi connectivity index (χ0v) is 12.7. The van der Waals surface area contributed by atoms with E-state index in [0.29, 0.717) is 21.2 Å². The molecule has 0 atom stereocenters. The SMILES string of the molecule is COC(=O)c1cc(N)cc(Cl)c1Sc1ccc(C)cc1. The van der Waals surface area contributed by atoms with E-state index in [2.05, 4.69) is 0 Å². The zero-order chi connectivity index (χ0) is 14.7. The van der Waals surface area contributed by atoms with Gasteiger partial charge in [-0.2, -0.15) is 0 Å². The molecule has 0 aliphatic carbocycles. The van der Waals surface area contributed by atoms with Crippen molar-refractivity contribution in [1.29, 1.82) is 0 Å². The number of anilines is 1. The molecule has 20 heavy (non-hydrogen) atoms. The number of carbonyl (C=O) groups is 1. The number of ether oxygens (including phenoxy) is 1. The Hall–Kier alpha value is -1.65. The van der Waals surface area contributed by atoms with E-state index in [4.69, 9.17) is 22.1 Å². The summed E-state index contributed by atoms with van der Waals surface area (Å²) in [6, 6.07) is 11.2. The van der Waals surface area contributed by atoms with Crippen molar-refractivity contribution in [2.75, 3.05) is 12.8 Å². The lowest BCUT2D eigenvalue weighted by molar-refractivity contribution is 0.0597. The molecule has 0 bridgehead atoms. The molecule has 0 fully saturated rings. The Morgan fingerprint density at radius 1 is 1.25 bits per heavy atom. The van der Waals surface area contributed by atoms with E-state index >= 15 is 0 Å². The molecule has 0 aliphatic rings. The van der Waals surface area contributed by atoms with E-state index in [-0.39, 0.29) is 0 Å². The van der Waals surface area contributed by atoms with Crippen LogP contribution in [0.4, 0.5) is 5.69 Å². The van der Waals surface area contributed by atoms with Crippen molar-refractivity contribution < 1.29 is 9.53 Å². The molecule has 0 unspecified atom stereocenters. The monoisotopic (exact) mass is 307 g/mol. The second-order valence-corrected chi connectivity index (χ2v) is 5.78. The van der Waals surface area contributed by atoms with Gasteiger partial charge in [-0.25, -0.2) is 4.79 Å². The highest BCUT2D eigenvalue weighted by molar-refractivity contribution is 7.99. The van der Waals surface area contributed by atoms with Gasteiger partial charge < -0.3 is 10.5 Å². The van der Waals surface area contributed by atoms with Crippen molar-refractivity contribution in [2.45, 2.75) is 16.7 Å². The molecule has 0 amide bonds. The van der Waals surface area contributed by atoms with Crippen LogP contribution in [0.15, 0.2) is 46.2 Å². The molecule has 3 nitrogen and oxygen atoms in total. The number of aryl methyl sites for hydroxylation is 1. The average molecular weight is 308 g/mol. The lowest BCUT2D eigenvalue weighted by Crippen LogP contribution is -2.04. The number of esters is 1. The Morgan fingerprint density at radius 3 is 2.50 bits per heavy atom. The molecule has 0 spiro atoms. The van der Waals surface area contributed by atoms with E-state index in [1.165, 1.54) is 24.4 Å². The third kappa shape index (κ3) is 3.26. The molecule has 0 heterocycles. The van der Waals surface area contributed by atoms with Crippen molar-refractivity contribution in [3.05, 3.63) is 52.5 Å². The third-order valence-corrected chi connectivity index (χ3v) is 4.27. The van der Waals surface area contributed by atoms with Crippen molar-refractivity contribution in [3.8, 4) is 0 Å². The molecule has 104 valence electrons. The van der Waals surface area contributed by atoms with Crippen LogP contribution < -0.4 is 5.73 Å². The van der Waals surface area contributed by atoms with E-state index in [9.17, 15) is 4.79 Å². The fraction of sp³-hybridized carbons (Fsp3) is 0.133. The molecule has 2 aromatic rings. The maximum atomic E-state index is 11.8. The van der Waals surface area contributed by atoms with E-state index < -0.39 is 5.97 Å². The highest BCUT2D eigenvalue weighted by Gasteiger charge is 2.17.